The zero-order chi connectivity index (χ0) is 54.4. The molecular weight excluding hydrogens is 950 g/mol. The summed E-state index contributed by atoms with van der Waals surface area (Å²) in [6.07, 6.45) is 6.66. The van der Waals surface area contributed by atoms with Crippen LogP contribution >= 0.6 is 0 Å². The van der Waals surface area contributed by atoms with Crippen molar-refractivity contribution >= 4 is 79.7 Å². The van der Waals surface area contributed by atoms with E-state index in [2.05, 4.69) is 274 Å². The van der Waals surface area contributed by atoms with E-state index in [9.17, 15) is 0 Å². The summed E-state index contributed by atoms with van der Waals surface area (Å²) in [5.74, 6) is 1.62. The number of hydrogen-bond acceptors (Lipinski definition) is 5. The molecule has 0 bridgehead atoms. The van der Waals surface area contributed by atoms with Crippen molar-refractivity contribution in [2.45, 2.75) is 118 Å². The van der Waals surface area contributed by atoms with Crippen molar-refractivity contribution in [2.24, 2.45) is 0 Å². The molecule has 0 amide bonds. The summed E-state index contributed by atoms with van der Waals surface area (Å²) < 4.78 is 13.6. The Labute approximate surface area is 465 Å². The van der Waals surface area contributed by atoms with Crippen LogP contribution in [-0.2, 0) is 16.2 Å². The van der Waals surface area contributed by atoms with Crippen molar-refractivity contribution in [2.75, 3.05) is 27.9 Å². The monoisotopic (exact) mass is 1020 g/mol. The Hall–Kier alpha value is -7.70. The first kappa shape index (κ1) is 51.1. The van der Waals surface area contributed by atoms with Crippen molar-refractivity contribution in [3.8, 4) is 11.5 Å². The Morgan fingerprint density at radius 1 is 0.513 bits per heavy atom. The minimum absolute atomic E-state index is 0.0158. The van der Waals surface area contributed by atoms with Crippen LogP contribution < -0.4 is 40.6 Å². The molecule has 12 rings (SSSR count). The molecule has 1 aliphatic carbocycles. The minimum Gasteiger partial charge on any atom is -0.489 e. The molecule has 3 heterocycles. The Morgan fingerprint density at radius 3 is 1.68 bits per heavy atom. The molecule has 1 unspecified atom stereocenters. The highest BCUT2D eigenvalue weighted by Gasteiger charge is 2.47. The summed E-state index contributed by atoms with van der Waals surface area (Å²) in [7, 11) is 0. The van der Waals surface area contributed by atoms with Crippen LogP contribution in [0.2, 0.25) is 0 Å². The van der Waals surface area contributed by atoms with Crippen LogP contribution in [0, 0.1) is 20.8 Å². The van der Waals surface area contributed by atoms with Crippen molar-refractivity contribution < 1.29 is 9.47 Å². The molecule has 8 aromatic rings. The standard InChI is InChI=1S/C72H74BN3O2/c1-46-38-63-66-64(39-46)76(67-47(2)40-55(41-48(67)3)72(10,11)12)68-61(34-35-65-69(68)78-37-19-36-77-65)73(66)60-33-32-58(74(56-20-15-13-16-21-56)57-22-17-14-18-23-57)45-62(60)75(63)59-43-51(49-24-28-53(29-25-49)70(4,5)6)42-52(44-59)50-26-30-54(31-27-50)71(7,8)9/h13-18,20-35,38-43,45,59H,19,36-37,44H2,1-12H3. The Kier molecular flexibility index (Phi) is 12.7. The average Bonchev–Trinajstić information content (AvgIpc) is 3.42. The van der Waals surface area contributed by atoms with E-state index in [0.29, 0.717) is 13.2 Å². The smallest absolute Gasteiger partial charge is 0.252 e. The number of rotatable bonds is 7. The van der Waals surface area contributed by atoms with E-state index < -0.39 is 0 Å². The normalized spacial score (nSPS) is 15.9. The minimum atomic E-state index is -0.118. The molecule has 8 aromatic carbocycles. The highest BCUT2D eigenvalue weighted by atomic mass is 16.5. The van der Waals surface area contributed by atoms with Crippen molar-refractivity contribution in [1.29, 1.82) is 0 Å². The lowest BCUT2D eigenvalue weighted by Gasteiger charge is -2.47. The van der Waals surface area contributed by atoms with Gasteiger partial charge in [0.25, 0.3) is 6.71 Å². The van der Waals surface area contributed by atoms with Gasteiger partial charge in [-0.15, -0.1) is 0 Å². The van der Waals surface area contributed by atoms with Crippen LogP contribution in [0.3, 0.4) is 0 Å². The maximum atomic E-state index is 6.96. The van der Waals surface area contributed by atoms with Crippen molar-refractivity contribution in [1.82, 2.24) is 0 Å². The first-order valence-electron chi connectivity index (χ1n) is 28.3. The third-order valence-electron chi connectivity index (χ3n) is 16.6. The summed E-state index contributed by atoms with van der Waals surface area (Å²) in [5, 5.41) is 0. The van der Waals surface area contributed by atoms with Crippen LogP contribution in [-0.4, -0.2) is 26.0 Å². The molecule has 0 spiro atoms. The molecule has 392 valence electrons. The number of aryl methyl sites for hydroxylation is 3. The molecule has 0 aromatic heterocycles. The quantitative estimate of drug-likeness (QED) is 0.148. The van der Waals surface area contributed by atoms with Crippen LogP contribution in [0.1, 0.15) is 120 Å². The number of nitrogens with zero attached hydrogens (tertiary/aromatic N) is 3. The lowest BCUT2D eigenvalue weighted by Crippen LogP contribution is -2.63. The topological polar surface area (TPSA) is 28.2 Å². The van der Waals surface area contributed by atoms with E-state index in [-0.39, 0.29) is 29.0 Å². The zero-order valence-electron chi connectivity index (χ0n) is 47.9. The SMILES string of the molecule is Cc1cc2c3c(c1)N(C1C=C(c4ccc(C(C)(C)C)cc4)C=C(c4ccc(C(C)(C)C)cc4)C1)c1cc(N(c4ccccc4)c4ccccc4)ccc1B3c1ccc3c(c1N2c1c(C)cc(C(C)(C)C)cc1C)OCCCO3. The molecular formula is C72H74BN3O2. The van der Waals surface area contributed by atoms with Gasteiger partial charge in [0, 0.05) is 40.5 Å². The second kappa shape index (κ2) is 19.3. The molecule has 0 saturated heterocycles. The summed E-state index contributed by atoms with van der Waals surface area (Å²) in [6.45, 7) is 28.7. The molecule has 6 heteroatoms. The predicted octanol–water partition coefficient (Wildman–Crippen LogP) is 16.8. The fraction of sp³-hybridized carbons (Fsp3) is 0.278. The fourth-order valence-corrected chi connectivity index (χ4v) is 12.6. The predicted molar refractivity (Wildman–Crippen MR) is 332 cm³/mol. The van der Waals surface area contributed by atoms with Gasteiger partial charge >= 0.3 is 0 Å². The average molecular weight is 1020 g/mol. The summed E-state index contributed by atoms with van der Waals surface area (Å²) in [5.41, 5.74) is 25.7. The van der Waals surface area contributed by atoms with Gasteiger partial charge in [-0.25, -0.2) is 0 Å². The van der Waals surface area contributed by atoms with Crippen LogP contribution in [0.4, 0.5) is 45.5 Å². The van der Waals surface area contributed by atoms with E-state index >= 15 is 0 Å². The third-order valence-corrected chi connectivity index (χ3v) is 16.6. The van der Waals surface area contributed by atoms with E-state index in [1.807, 2.05) is 0 Å². The van der Waals surface area contributed by atoms with Gasteiger partial charge < -0.3 is 24.2 Å². The maximum absolute atomic E-state index is 6.96. The van der Waals surface area contributed by atoms with Gasteiger partial charge in [-0.1, -0.05) is 184 Å². The van der Waals surface area contributed by atoms with Gasteiger partial charge in [0.05, 0.1) is 30.6 Å². The molecule has 0 saturated carbocycles. The Balaban J connectivity index is 1.15. The maximum Gasteiger partial charge on any atom is 0.252 e. The number of para-hydroxylation sites is 2. The first-order chi connectivity index (χ1) is 37.3. The number of fused-ring (bicyclic) bond motifs is 6. The van der Waals surface area contributed by atoms with Gasteiger partial charge in [-0.3, -0.25) is 0 Å². The van der Waals surface area contributed by atoms with Crippen LogP contribution in [0.15, 0.2) is 176 Å². The lowest BCUT2D eigenvalue weighted by atomic mass is 9.33. The van der Waals surface area contributed by atoms with Gasteiger partial charge in [0.15, 0.2) is 11.5 Å². The fourth-order valence-electron chi connectivity index (χ4n) is 12.6. The molecule has 0 N–H and O–H groups in total. The van der Waals surface area contributed by atoms with Gasteiger partial charge in [0.2, 0.25) is 0 Å². The van der Waals surface area contributed by atoms with Crippen LogP contribution in [0.25, 0.3) is 11.1 Å². The third kappa shape index (κ3) is 9.11. The molecule has 4 aliphatic rings. The summed E-state index contributed by atoms with van der Waals surface area (Å²) in [6, 6.07) is 61.8. The molecule has 0 radical (unpaired) electrons. The highest BCUT2D eigenvalue weighted by Crippen LogP contribution is 2.52. The molecule has 1 atom stereocenters. The number of hydrogen-bond donors (Lipinski definition) is 0. The van der Waals surface area contributed by atoms with E-state index in [4.69, 9.17) is 9.47 Å². The van der Waals surface area contributed by atoms with Gasteiger partial charge in [-0.2, -0.15) is 0 Å². The number of anilines is 8. The van der Waals surface area contributed by atoms with E-state index in [1.165, 1.54) is 94.8 Å². The number of ether oxygens (including phenoxy) is 2. The summed E-state index contributed by atoms with van der Waals surface area (Å²) in [4.78, 5) is 7.70. The number of benzene rings is 8. The van der Waals surface area contributed by atoms with Crippen molar-refractivity contribution in [3.63, 3.8) is 0 Å². The largest absolute Gasteiger partial charge is 0.489 e. The molecule has 5 nitrogen and oxygen atoms in total. The second-order valence-corrected chi connectivity index (χ2v) is 25.4. The lowest BCUT2D eigenvalue weighted by molar-refractivity contribution is 0.297. The zero-order valence-corrected chi connectivity index (χ0v) is 47.9. The first-order valence-corrected chi connectivity index (χ1v) is 28.3. The molecule has 0 fully saturated rings. The van der Waals surface area contributed by atoms with E-state index in [0.717, 1.165) is 47.1 Å². The molecule has 78 heavy (non-hydrogen) atoms. The number of allylic oxidation sites excluding steroid dienone is 2. The molecule has 3 aliphatic heterocycles. The van der Waals surface area contributed by atoms with E-state index in [1.54, 1.807) is 0 Å². The van der Waals surface area contributed by atoms with Crippen molar-refractivity contribution in [3.05, 3.63) is 220 Å². The van der Waals surface area contributed by atoms with Crippen LogP contribution in [0.5, 0.6) is 11.5 Å². The highest BCUT2D eigenvalue weighted by molar-refractivity contribution is 7.00. The Morgan fingerprint density at radius 2 is 1.08 bits per heavy atom. The van der Waals surface area contributed by atoms with Gasteiger partial charge in [-0.05, 0) is 170 Å². The van der Waals surface area contributed by atoms with Gasteiger partial charge in [0.1, 0.15) is 0 Å². The Bertz CT molecular complexity index is 3610. The second-order valence-electron chi connectivity index (χ2n) is 25.4. The summed E-state index contributed by atoms with van der Waals surface area (Å²) >= 11 is 0.